The normalized spacial score (nSPS) is 18.6. The van der Waals surface area contributed by atoms with Gasteiger partial charge in [-0.05, 0) is 35.9 Å². The first kappa shape index (κ1) is 20.6. The van der Waals surface area contributed by atoms with Gasteiger partial charge in [0.15, 0.2) is 5.96 Å². The number of guanidine groups is 1. The highest BCUT2D eigenvalue weighted by Gasteiger charge is 2.36. The van der Waals surface area contributed by atoms with E-state index in [0.717, 1.165) is 23.2 Å². The summed E-state index contributed by atoms with van der Waals surface area (Å²) in [6.45, 7) is 0.567. The van der Waals surface area contributed by atoms with Gasteiger partial charge in [0.2, 0.25) is 0 Å². The van der Waals surface area contributed by atoms with Crippen molar-refractivity contribution in [2.75, 3.05) is 26.1 Å². The second kappa shape index (κ2) is 9.01. The maximum absolute atomic E-state index is 6.89. The quantitative estimate of drug-likeness (QED) is 0.541. The molecule has 1 aliphatic heterocycles. The third kappa shape index (κ3) is 4.75. The molecule has 8 heteroatoms. The van der Waals surface area contributed by atoms with Gasteiger partial charge < -0.3 is 25.8 Å². The van der Waals surface area contributed by atoms with E-state index in [1.807, 2.05) is 48.5 Å². The summed E-state index contributed by atoms with van der Waals surface area (Å²) >= 11 is 0. The number of hydrogen-bond donors (Lipinski definition) is 3. The molecule has 8 nitrogen and oxygen atoms in total. The summed E-state index contributed by atoms with van der Waals surface area (Å²) in [5.74, 6) is 2.69. The molecular weight excluding hydrogens is 392 g/mol. The Kier molecular flexibility index (Phi) is 5.99. The number of ether oxygens (including phenoxy) is 2. The lowest BCUT2D eigenvalue weighted by Crippen LogP contribution is -2.59. The number of hydrogen-bond acceptors (Lipinski definition) is 6. The summed E-state index contributed by atoms with van der Waals surface area (Å²) in [6, 6.07) is 15.4. The number of nitrogens with two attached hydrogens (primary N) is 1. The molecule has 1 unspecified atom stereocenters. The summed E-state index contributed by atoms with van der Waals surface area (Å²) in [5, 5.41) is 6.62. The van der Waals surface area contributed by atoms with Crippen molar-refractivity contribution in [3.63, 3.8) is 0 Å². The molecule has 0 radical (unpaired) electrons. The van der Waals surface area contributed by atoms with Crippen LogP contribution in [0.25, 0.3) is 0 Å². The van der Waals surface area contributed by atoms with Crippen LogP contribution in [0.4, 0.5) is 5.82 Å². The summed E-state index contributed by atoms with van der Waals surface area (Å²) in [7, 11) is 3.26. The van der Waals surface area contributed by atoms with Crippen LogP contribution in [0.2, 0.25) is 0 Å². The molecule has 0 bridgehead atoms. The Hall–Kier alpha value is -3.65. The molecule has 0 amide bonds. The third-order valence-corrected chi connectivity index (χ3v) is 5.12. The monoisotopic (exact) mass is 418 g/mol. The Morgan fingerprint density at radius 1 is 1.00 bits per heavy atom. The summed E-state index contributed by atoms with van der Waals surface area (Å²) in [4.78, 5) is 13.5. The lowest BCUT2D eigenvalue weighted by molar-refractivity contribution is 0.383. The van der Waals surface area contributed by atoms with Crippen molar-refractivity contribution in [2.24, 2.45) is 10.7 Å². The molecule has 3 heterocycles. The van der Waals surface area contributed by atoms with E-state index < -0.39 is 5.66 Å². The largest absolute Gasteiger partial charge is 0.497 e. The van der Waals surface area contributed by atoms with Gasteiger partial charge in [0, 0.05) is 49.1 Å². The van der Waals surface area contributed by atoms with E-state index in [4.69, 9.17) is 15.2 Å². The van der Waals surface area contributed by atoms with Gasteiger partial charge in [0.1, 0.15) is 23.0 Å². The first-order chi connectivity index (χ1) is 15.1. The van der Waals surface area contributed by atoms with Gasteiger partial charge in [-0.25, -0.2) is 4.98 Å². The minimum absolute atomic E-state index is 0.486. The molecule has 3 aromatic rings. The Bertz CT molecular complexity index is 1050. The number of anilines is 1. The molecule has 1 aromatic carbocycles. The molecule has 4 rings (SSSR count). The number of benzene rings is 1. The zero-order valence-electron chi connectivity index (χ0n) is 17.6. The van der Waals surface area contributed by atoms with Crippen LogP contribution in [0.15, 0.2) is 65.9 Å². The predicted octanol–water partition coefficient (Wildman–Crippen LogP) is 2.46. The molecule has 1 aliphatic rings. The van der Waals surface area contributed by atoms with Gasteiger partial charge in [0.05, 0.1) is 14.2 Å². The standard InChI is InChI=1S/C23H26N6O2/c1-30-18-12-16(13-19(14-18)31-2)15-23(24)20-7-5-10-26-21(20)28-22(29-23)27-11-8-17-6-3-4-9-25-17/h3-7,9-10,12-14H,8,11,15,24H2,1-2H3,(H2,26,27,28,29). The van der Waals surface area contributed by atoms with Gasteiger partial charge in [-0.1, -0.05) is 12.1 Å². The van der Waals surface area contributed by atoms with Crippen molar-refractivity contribution < 1.29 is 9.47 Å². The number of aromatic nitrogens is 2. The van der Waals surface area contributed by atoms with Gasteiger partial charge in [-0.3, -0.25) is 9.98 Å². The maximum atomic E-state index is 6.89. The van der Waals surface area contributed by atoms with Crippen LogP contribution in [0.3, 0.4) is 0 Å². The van der Waals surface area contributed by atoms with Crippen LogP contribution in [0.1, 0.15) is 16.8 Å². The van der Waals surface area contributed by atoms with Gasteiger partial charge in [-0.2, -0.15) is 0 Å². The van der Waals surface area contributed by atoms with Crippen LogP contribution < -0.4 is 25.8 Å². The van der Waals surface area contributed by atoms with Crippen molar-refractivity contribution >= 4 is 11.8 Å². The molecule has 4 N–H and O–H groups in total. The number of rotatable bonds is 7. The number of nitrogens with one attached hydrogen (secondary N) is 2. The van der Waals surface area contributed by atoms with Crippen LogP contribution >= 0.6 is 0 Å². The van der Waals surface area contributed by atoms with E-state index in [1.165, 1.54) is 0 Å². The Morgan fingerprint density at radius 3 is 2.48 bits per heavy atom. The number of pyridine rings is 2. The van der Waals surface area contributed by atoms with E-state index >= 15 is 0 Å². The van der Waals surface area contributed by atoms with Crippen molar-refractivity contribution in [3.8, 4) is 11.5 Å². The second-order valence-electron chi connectivity index (χ2n) is 7.32. The van der Waals surface area contributed by atoms with E-state index in [9.17, 15) is 0 Å². The molecule has 0 spiro atoms. The Morgan fingerprint density at radius 2 is 1.77 bits per heavy atom. The van der Waals surface area contributed by atoms with Crippen molar-refractivity contribution in [1.82, 2.24) is 15.3 Å². The molecule has 0 saturated carbocycles. The Labute approximate surface area is 181 Å². The van der Waals surface area contributed by atoms with Crippen LogP contribution in [0, 0.1) is 0 Å². The highest BCUT2D eigenvalue weighted by atomic mass is 16.5. The van der Waals surface area contributed by atoms with E-state index in [1.54, 1.807) is 26.6 Å². The summed E-state index contributed by atoms with van der Waals surface area (Å²) in [5.41, 5.74) is 8.81. The molecule has 0 aliphatic carbocycles. The first-order valence-corrected chi connectivity index (χ1v) is 10.1. The smallest absolute Gasteiger partial charge is 0.198 e. The van der Waals surface area contributed by atoms with Crippen molar-refractivity contribution in [2.45, 2.75) is 18.5 Å². The van der Waals surface area contributed by atoms with Gasteiger partial charge >= 0.3 is 0 Å². The first-order valence-electron chi connectivity index (χ1n) is 10.1. The van der Waals surface area contributed by atoms with E-state index in [-0.39, 0.29) is 0 Å². The maximum Gasteiger partial charge on any atom is 0.198 e. The molecule has 1 atom stereocenters. The molecular formula is C23H26N6O2. The van der Waals surface area contributed by atoms with E-state index in [2.05, 4.69) is 25.6 Å². The zero-order chi connectivity index (χ0) is 21.7. The number of aliphatic imine (C=N–C) groups is 1. The fourth-order valence-electron chi connectivity index (χ4n) is 3.62. The fraction of sp³-hybridized carbons (Fsp3) is 0.261. The predicted molar refractivity (Wildman–Crippen MR) is 120 cm³/mol. The lowest BCUT2D eigenvalue weighted by atomic mass is 9.91. The van der Waals surface area contributed by atoms with Crippen LogP contribution in [-0.4, -0.2) is 36.7 Å². The third-order valence-electron chi connectivity index (χ3n) is 5.12. The summed E-state index contributed by atoms with van der Waals surface area (Å²) < 4.78 is 10.8. The molecule has 0 saturated heterocycles. The number of methoxy groups -OCH3 is 2. The van der Waals surface area contributed by atoms with E-state index in [0.29, 0.717) is 36.2 Å². The average Bonchev–Trinajstić information content (AvgIpc) is 2.79. The minimum Gasteiger partial charge on any atom is -0.497 e. The van der Waals surface area contributed by atoms with Gasteiger partial charge in [0.25, 0.3) is 0 Å². The number of nitrogens with zero attached hydrogens (tertiary/aromatic N) is 3. The summed E-state index contributed by atoms with van der Waals surface area (Å²) in [6.07, 6.45) is 4.73. The van der Waals surface area contributed by atoms with Crippen LogP contribution in [-0.2, 0) is 18.5 Å². The molecule has 160 valence electrons. The second-order valence-corrected chi connectivity index (χ2v) is 7.32. The molecule has 0 fully saturated rings. The molecule has 2 aromatic heterocycles. The minimum atomic E-state index is -0.907. The average molecular weight is 419 g/mol. The number of fused-ring (bicyclic) bond motifs is 1. The molecule has 31 heavy (non-hydrogen) atoms. The van der Waals surface area contributed by atoms with Crippen molar-refractivity contribution in [1.29, 1.82) is 0 Å². The lowest BCUT2D eigenvalue weighted by Gasteiger charge is -2.38. The SMILES string of the molecule is COc1cc(CC2(N)NC(=NCCc3ccccn3)Nc3ncccc32)cc(OC)c1. The topological polar surface area (TPSA) is 107 Å². The van der Waals surface area contributed by atoms with Crippen LogP contribution in [0.5, 0.6) is 11.5 Å². The van der Waals surface area contributed by atoms with Crippen molar-refractivity contribution in [3.05, 3.63) is 77.7 Å². The Balaban J connectivity index is 1.60. The fourth-order valence-corrected chi connectivity index (χ4v) is 3.62. The highest BCUT2D eigenvalue weighted by molar-refractivity contribution is 5.96. The van der Waals surface area contributed by atoms with Gasteiger partial charge in [-0.15, -0.1) is 0 Å². The zero-order valence-corrected chi connectivity index (χ0v) is 17.6. The highest BCUT2D eigenvalue weighted by Crippen LogP contribution is 2.32.